The number of nitrogens with zero attached hydrogens (tertiary/aromatic N) is 3. The summed E-state index contributed by atoms with van der Waals surface area (Å²) in [6, 6.07) is 17.8. The molecule has 1 N–H and O–H groups in total. The summed E-state index contributed by atoms with van der Waals surface area (Å²) in [4.78, 5) is 12.1. The molecule has 0 aliphatic rings. The quantitative estimate of drug-likeness (QED) is 0.607. The van der Waals surface area contributed by atoms with E-state index in [1.807, 2.05) is 54.1 Å². The van der Waals surface area contributed by atoms with Crippen LogP contribution in [0.2, 0.25) is 0 Å². The number of thioether (sulfide) groups is 1. The predicted molar refractivity (Wildman–Crippen MR) is 106 cm³/mol. The fourth-order valence-corrected chi connectivity index (χ4v) is 3.33. The van der Waals surface area contributed by atoms with Crippen LogP contribution in [0.5, 0.6) is 5.75 Å². The first-order valence-electron chi connectivity index (χ1n) is 8.60. The first-order chi connectivity index (χ1) is 13.2. The van der Waals surface area contributed by atoms with Gasteiger partial charge in [-0.25, -0.2) is 0 Å². The van der Waals surface area contributed by atoms with E-state index in [9.17, 15) is 4.79 Å². The Kier molecular flexibility index (Phi) is 6.49. The van der Waals surface area contributed by atoms with Gasteiger partial charge in [0, 0.05) is 20.0 Å². The SMILES string of the molecule is COc1cccc(CNC(=O)CSc2nnc(Cc3ccccc3)n2C)c1. The van der Waals surface area contributed by atoms with Crippen molar-refractivity contribution in [2.45, 2.75) is 18.1 Å². The summed E-state index contributed by atoms with van der Waals surface area (Å²) in [6.07, 6.45) is 0.715. The number of benzene rings is 2. The molecule has 140 valence electrons. The molecular formula is C20H22N4O2S. The van der Waals surface area contributed by atoms with E-state index in [0.29, 0.717) is 18.7 Å². The van der Waals surface area contributed by atoms with Crippen molar-refractivity contribution in [3.8, 4) is 5.75 Å². The number of rotatable bonds is 8. The van der Waals surface area contributed by atoms with Gasteiger partial charge in [0.2, 0.25) is 5.91 Å². The normalized spacial score (nSPS) is 10.6. The average molecular weight is 382 g/mol. The largest absolute Gasteiger partial charge is 0.497 e. The highest BCUT2D eigenvalue weighted by Gasteiger charge is 2.12. The van der Waals surface area contributed by atoms with Crippen LogP contribution in [-0.4, -0.2) is 33.5 Å². The number of aromatic nitrogens is 3. The van der Waals surface area contributed by atoms with Crippen molar-refractivity contribution in [1.29, 1.82) is 0 Å². The van der Waals surface area contributed by atoms with Crippen molar-refractivity contribution in [2.24, 2.45) is 7.05 Å². The smallest absolute Gasteiger partial charge is 0.230 e. The molecule has 3 rings (SSSR count). The minimum absolute atomic E-state index is 0.0459. The minimum Gasteiger partial charge on any atom is -0.497 e. The lowest BCUT2D eigenvalue weighted by Gasteiger charge is -2.07. The molecule has 0 unspecified atom stereocenters. The second-order valence-corrected chi connectivity index (χ2v) is 6.98. The lowest BCUT2D eigenvalue weighted by Crippen LogP contribution is -2.24. The Labute approximate surface area is 163 Å². The number of nitrogens with one attached hydrogen (secondary N) is 1. The first kappa shape index (κ1) is 19.0. The van der Waals surface area contributed by atoms with Crippen LogP contribution in [0.1, 0.15) is 17.0 Å². The van der Waals surface area contributed by atoms with Crippen molar-refractivity contribution < 1.29 is 9.53 Å². The minimum atomic E-state index is -0.0459. The Balaban J connectivity index is 1.50. The second kappa shape index (κ2) is 9.23. The Hall–Kier alpha value is -2.80. The summed E-state index contributed by atoms with van der Waals surface area (Å²) in [6.45, 7) is 0.467. The molecule has 0 saturated heterocycles. The number of ether oxygens (including phenoxy) is 1. The van der Waals surface area contributed by atoms with Gasteiger partial charge in [0.25, 0.3) is 0 Å². The van der Waals surface area contributed by atoms with Gasteiger partial charge in [-0.15, -0.1) is 10.2 Å². The second-order valence-electron chi connectivity index (χ2n) is 6.04. The molecule has 27 heavy (non-hydrogen) atoms. The summed E-state index contributed by atoms with van der Waals surface area (Å²) in [5.41, 5.74) is 2.18. The summed E-state index contributed by atoms with van der Waals surface area (Å²) in [5, 5.41) is 12.1. The fraction of sp³-hybridized carbons (Fsp3) is 0.250. The Morgan fingerprint density at radius 2 is 1.89 bits per heavy atom. The molecule has 0 atom stereocenters. The maximum Gasteiger partial charge on any atom is 0.230 e. The molecule has 7 heteroatoms. The van der Waals surface area contributed by atoms with Gasteiger partial charge >= 0.3 is 0 Å². The number of carbonyl (C=O) groups excluding carboxylic acids is 1. The summed E-state index contributed by atoms with van der Waals surface area (Å²) < 4.78 is 7.13. The molecule has 0 aliphatic heterocycles. The van der Waals surface area contributed by atoms with E-state index in [1.165, 1.54) is 17.3 Å². The van der Waals surface area contributed by atoms with Crippen LogP contribution < -0.4 is 10.1 Å². The van der Waals surface area contributed by atoms with Crippen molar-refractivity contribution >= 4 is 17.7 Å². The molecule has 0 spiro atoms. The Bertz CT molecular complexity index is 896. The van der Waals surface area contributed by atoms with Gasteiger partial charge in [-0.1, -0.05) is 54.2 Å². The number of hydrogen-bond donors (Lipinski definition) is 1. The van der Waals surface area contributed by atoms with Gasteiger partial charge in [-0.3, -0.25) is 4.79 Å². The average Bonchev–Trinajstić information content (AvgIpc) is 3.05. The maximum absolute atomic E-state index is 12.1. The molecule has 0 saturated carbocycles. The molecule has 2 aromatic carbocycles. The third kappa shape index (κ3) is 5.34. The number of carbonyl (C=O) groups is 1. The fourth-order valence-electron chi connectivity index (χ4n) is 2.57. The van der Waals surface area contributed by atoms with Crippen LogP contribution in [0.4, 0.5) is 0 Å². The first-order valence-corrected chi connectivity index (χ1v) is 9.59. The molecule has 3 aromatic rings. The zero-order valence-corrected chi connectivity index (χ0v) is 16.2. The summed E-state index contributed by atoms with van der Waals surface area (Å²) in [5.74, 6) is 1.90. The van der Waals surface area contributed by atoms with Gasteiger partial charge in [0.15, 0.2) is 5.16 Å². The molecule has 1 heterocycles. The molecule has 1 amide bonds. The van der Waals surface area contributed by atoms with Gasteiger partial charge in [0.05, 0.1) is 12.9 Å². The zero-order chi connectivity index (χ0) is 19.1. The lowest BCUT2D eigenvalue weighted by atomic mass is 10.1. The Morgan fingerprint density at radius 1 is 1.11 bits per heavy atom. The molecular weight excluding hydrogens is 360 g/mol. The van der Waals surface area contributed by atoms with Crippen LogP contribution in [0.15, 0.2) is 59.8 Å². The van der Waals surface area contributed by atoms with Crippen LogP contribution in [0.25, 0.3) is 0 Å². The van der Waals surface area contributed by atoms with Gasteiger partial charge < -0.3 is 14.6 Å². The predicted octanol–water partition coefficient (Wildman–Crippen LogP) is 2.82. The monoisotopic (exact) mass is 382 g/mol. The van der Waals surface area contributed by atoms with Crippen molar-refractivity contribution in [1.82, 2.24) is 20.1 Å². The zero-order valence-electron chi connectivity index (χ0n) is 15.4. The molecule has 0 radical (unpaired) electrons. The van der Waals surface area contributed by atoms with Crippen LogP contribution in [0, 0.1) is 0 Å². The standard InChI is InChI=1S/C20H22N4O2S/c1-24-18(12-15-7-4-3-5-8-15)22-23-20(24)27-14-19(25)21-13-16-9-6-10-17(11-16)26-2/h3-11H,12-14H2,1-2H3,(H,21,25). The number of hydrogen-bond acceptors (Lipinski definition) is 5. The van der Waals surface area contributed by atoms with Crippen molar-refractivity contribution in [2.75, 3.05) is 12.9 Å². The van der Waals surface area contributed by atoms with Crippen molar-refractivity contribution in [3.63, 3.8) is 0 Å². The van der Waals surface area contributed by atoms with Gasteiger partial charge in [-0.05, 0) is 23.3 Å². The van der Waals surface area contributed by atoms with E-state index in [-0.39, 0.29) is 5.91 Å². The molecule has 1 aromatic heterocycles. The Morgan fingerprint density at radius 3 is 2.67 bits per heavy atom. The highest BCUT2D eigenvalue weighted by Crippen LogP contribution is 2.17. The molecule has 0 bridgehead atoms. The highest BCUT2D eigenvalue weighted by molar-refractivity contribution is 7.99. The van der Waals surface area contributed by atoms with E-state index >= 15 is 0 Å². The maximum atomic E-state index is 12.1. The van der Waals surface area contributed by atoms with Gasteiger partial charge in [0.1, 0.15) is 11.6 Å². The van der Waals surface area contributed by atoms with E-state index < -0.39 is 0 Å². The summed E-state index contributed by atoms with van der Waals surface area (Å²) >= 11 is 1.38. The summed E-state index contributed by atoms with van der Waals surface area (Å²) in [7, 11) is 3.55. The van der Waals surface area contributed by atoms with E-state index in [2.05, 4.69) is 27.6 Å². The third-order valence-electron chi connectivity index (χ3n) is 4.09. The lowest BCUT2D eigenvalue weighted by molar-refractivity contribution is -0.118. The highest BCUT2D eigenvalue weighted by atomic mass is 32.2. The molecule has 0 aliphatic carbocycles. The number of amides is 1. The van der Waals surface area contributed by atoms with Crippen molar-refractivity contribution in [3.05, 3.63) is 71.5 Å². The van der Waals surface area contributed by atoms with E-state index in [4.69, 9.17) is 4.74 Å². The third-order valence-corrected chi connectivity index (χ3v) is 5.11. The number of methoxy groups -OCH3 is 1. The topological polar surface area (TPSA) is 69.0 Å². The molecule has 6 nitrogen and oxygen atoms in total. The van der Waals surface area contributed by atoms with E-state index in [1.54, 1.807) is 7.11 Å². The molecule has 0 fully saturated rings. The van der Waals surface area contributed by atoms with Crippen LogP contribution in [0.3, 0.4) is 0 Å². The van der Waals surface area contributed by atoms with Crippen LogP contribution in [-0.2, 0) is 24.8 Å². The van der Waals surface area contributed by atoms with Crippen LogP contribution >= 0.6 is 11.8 Å². The van der Waals surface area contributed by atoms with E-state index in [0.717, 1.165) is 22.3 Å². The van der Waals surface area contributed by atoms with Gasteiger partial charge in [-0.2, -0.15) is 0 Å².